The molecule has 0 spiro atoms. The highest BCUT2D eigenvalue weighted by Crippen LogP contribution is 2.26. The van der Waals surface area contributed by atoms with E-state index in [9.17, 15) is 9.90 Å². The normalized spacial score (nSPS) is 12.2. The van der Waals surface area contributed by atoms with E-state index in [4.69, 9.17) is 46.4 Å². The van der Waals surface area contributed by atoms with Gasteiger partial charge in [-0.05, 0) is 35.9 Å². The number of halogens is 4. The van der Waals surface area contributed by atoms with Crippen LogP contribution in [0, 0.1) is 0 Å². The minimum Gasteiger partial charge on any atom is -0.384 e. The van der Waals surface area contributed by atoms with Crippen molar-refractivity contribution in [2.24, 2.45) is 0 Å². The molecular weight excluding hydrogens is 430 g/mol. The Morgan fingerprint density at radius 3 is 2.33 bits per heavy atom. The van der Waals surface area contributed by atoms with Crippen molar-refractivity contribution in [2.45, 2.75) is 19.2 Å². The van der Waals surface area contributed by atoms with Crippen molar-refractivity contribution in [1.29, 1.82) is 0 Å². The highest BCUT2D eigenvalue weighted by molar-refractivity contribution is 6.42. The van der Waals surface area contributed by atoms with Gasteiger partial charge in [0.2, 0.25) is 12.1 Å². The molecule has 8 heteroatoms. The number of aromatic nitrogens is 2. The van der Waals surface area contributed by atoms with Crippen LogP contribution in [0.2, 0.25) is 20.1 Å². The Bertz CT molecular complexity index is 988. The summed E-state index contributed by atoms with van der Waals surface area (Å²) in [6.07, 6.45) is 4.53. The smallest absolute Gasteiger partial charge is 0.244 e. The van der Waals surface area contributed by atoms with Crippen molar-refractivity contribution in [1.82, 2.24) is 4.57 Å². The molecule has 0 amide bonds. The first-order valence-electron chi connectivity index (χ1n) is 7.99. The molecule has 140 valence electrons. The molecule has 0 fully saturated rings. The molecule has 1 atom stereocenters. The molecule has 0 saturated carbocycles. The highest BCUT2D eigenvalue weighted by Gasteiger charge is 2.16. The first kappa shape index (κ1) is 20.2. The lowest BCUT2D eigenvalue weighted by Gasteiger charge is -2.09. The van der Waals surface area contributed by atoms with Gasteiger partial charge in [-0.3, -0.25) is 4.79 Å². The maximum Gasteiger partial charge on any atom is 0.244 e. The monoisotopic (exact) mass is 443 g/mol. The van der Waals surface area contributed by atoms with Crippen molar-refractivity contribution < 1.29 is 14.5 Å². The van der Waals surface area contributed by atoms with Gasteiger partial charge in [0.1, 0.15) is 25.0 Å². The number of ketones is 1. The average molecular weight is 445 g/mol. The van der Waals surface area contributed by atoms with E-state index in [2.05, 4.69) is 0 Å². The summed E-state index contributed by atoms with van der Waals surface area (Å²) in [5.41, 5.74) is 1.15. The summed E-state index contributed by atoms with van der Waals surface area (Å²) < 4.78 is 3.52. The quantitative estimate of drug-likeness (QED) is 0.429. The molecular formula is C19H15Cl4N2O2+. The van der Waals surface area contributed by atoms with Crippen LogP contribution >= 0.6 is 46.4 Å². The van der Waals surface area contributed by atoms with E-state index < -0.39 is 6.10 Å². The van der Waals surface area contributed by atoms with Crippen LogP contribution in [-0.2, 0) is 13.1 Å². The van der Waals surface area contributed by atoms with E-state index in [1.54, 1.807) is 64.3 Å². The molecule has 0 aliphatic heterocycles. The summed E-state index contributed by atoms with van der Waals surface area (Å²) in [6.45, 7) is 0.458. The Morgan fingerprint density at radius 2 is 1.67 bits per heavy atom. The minimum absolute atomic E-state index is 0.0960. The van der Waals surface area contributed by atoms with Crippen LogP contribution < -0.4 is 4.57 Å². The molecule has 0 saturated heterocycles. The number of carbonyl (C=O) groups is 1. The minimum atomic E-state index is -0.758. The van der Waals surface area contributed by atoms with Crippen LogP contribution in [0.15, 0.2) is 55.1 Å². The first-order valence-corrected chi connectivity index (χ1v) is 9.51. The van der Waals surface area contributed by atoms with Crippen LogP contribution in [0.1, 0.15) is 22.0 Å². The van der Waals surface area contributed by atoms with Gasteiger partial charge < -0.3 is 5.11 Å². The van der Waals surface area contributed by atoms with Gasteiger partial charge in [0, 0.05) is 5.56 Å². The molecule has 1 aromatic heterocycles. The Balaban J connectivity index is 1.66. The van der Waals surface area contributed by atoms with Gasteiger partial charge in [0.05, 0.1) is 20.1 Å². The largest absolute Gasteiger partial charge is 0.384 e. The van der Waals surface area contributed by atoms with Gasteiger partial charge in [-0.2, -0.15) is 0 Å². The Labute approximate surface area is 176 Å². The molecule has 1 N–H and O–H groups in total. The molecule has 0 aliphatic rings. The Morgan fingerprint density at radius 1 is 1.00 bits per heavy atom. The zero-order chi connectivity index (χ0) is 19.6. The first-order chi connectivity index (χ1) is 12.8. The summed E-state index contributed by atoms with van der Waals surface area (Å²) in [6, 6.07) is 9.80. The fraction of sp³-hybridized carbons (Fsp3) is 0.158. The van der Waals surface area contributed by atoms with E-state index in [1.165, 1.54) is 0 Å². The van der Waals surface area contributed by atoms with E-state index in [1.807, 2.05) is 0 Å². The van der Waals surface area contributed by atoms with Gasteiger partial charge >= 0.3 is 0 Å². The number of nitrogens with zero attached hydrogens (tertiary/aromatic N) is 2. The second-order valence-corrected chi connectivity index (χ2v) is 7.65. The number of imidazole rings is 1. The Kier molecular flexibility index (Phi) is 6.45. The van der Waals surface area contributed by atoms with Gasteiger partial charge in [0.25, 0.3) is 0 Å². The van der Waals surface area contributed by atoms with E-state index in [0.717, 1.165) is 0 Å². The molecule has 0 bridgehead atoms. The van der Waals surface area contributed by atoms with Gasteiger partial charge in [-0.25, -0.2) is 9.13 Å². The molecule has 3 aromatic rings. The number of benzene rings is 2. The van der Waals surface area contributed by atoms with Crippen LogP contribution in [0.5, 0.6) is 0 Å². The molecule has 4 nitrogen and oxygen atoms in total. The van der Waals surface area contributed by atoms with Crippen molar-refractivity contribution in [3.8, 4) is 0 Å². The number of carbonyl (C=O) groups excluding carboxylic acids is 1. The number of aliphatic hydroxyl groups excluding tert-OH is 1. The zero-order valence-corrected chi connectivity index (χ0v) is 17.0. The van der Waals surface area contributed by atoms with Crippen LogP contribution in [0.4, 0.5) is 0 Å². The maximum absolute atomic E-state index is 12.4. The molecule has 1 heterocycles. The van der Waals surface area contributed by atoms with E-state index in [0.29, 0.717) is 37.8 Å². The van der Waals surface area contributed by atoms with Crippen molar-refractivity contribution >= 4 is 52.2 Å². The number of aliphatic hydroxyl groups is 1. The summed E-state index contributed by atoms with van der Waals surface area (Å²) in [4.78, 5) is 12.4. The van der Waals surface area contributed by atoms with Gasteiger partial charge in [-0.1, -0.05) is 52.5 Å². The number of rotatable bonds is 6. The topological polar surface area (TPSA) is 46.1 Å². The number of Topliss-reactive ketones (excluding diaryl/α,β-unsaturated/α-hetero) is 1. The number of hydrogen-bond acceptors (Lipinski definition) is 2. The zero-order valence-electron chi connectivity index (χ0n) is 13.9. The summed E-state index contributed by atoms with van der Waals surface area (Å²) in [5.74, 6) is -0.0960. The molecule has 0 aliphatic carbocycles. The van der Waals surface area contributed by atoms with Crippen LogP contribution in [0.25, 0.3) is 0 Å². The average Bonchev–Trinajstić information content (AvgIpc) is 3.06. The van der Waals surface area contributed by atoms with Crippen molar-refractivity contribution in [2.75, 3.05) is 0 Å². The molecule has 27 heavy (non-hydrogen) atoms. The third-order valence-electron chi connectivity index (χ3n) is 4.03. The molecule has 3 rings (SSSR count). The highest BCUT2D eigenvalue weighted by atomic mass is 35.5. The standard InChI is InChI=1S/C19H15Cl4N2O2/c20-14-3-1-12(7-16(14)22)18(26)9-24-5-6-25(11-24)10-19(27)13-2-4-15(21)17(23)8-13/h1-8,11,18,26H,9-10H2/q+1. The van der Waals surface area contributed by atoms with Crippen LogP contribution in [0.3, 0.4) is 0 Å². The van der Waals surface area contributed by atoms with Gasteiger partial charge in [0.15, 0.2) is 6.54 Å². The maximum atomic E-state index is 12.4. The lowest BCUT2D eigenvalue weighted by atomic mass is 10.1. The van der Waals surface area contributed by atoms with Crippen molar-refractivity contribution in [3.63, 3.8) is 0 Å². The lowest BCUT2D eigenvalue weighted by molar-refractivity contribution is -0.682. The molecule has 1 unspecified atom stereocenters. The fourth-order valence-corrected chi connectivity index (χ4v) is 3.20. The molecule has 2 aromatic carbocycles. The second-order valence-electron chi connectivity index (χ2n) is 6.02. The SMILES string of the molecule is O=C(C[n+]1ccn(CC(O)c2ccc(Cl)c(Cl)c2)c1)c1ccc(Cl)c(Cl)c1. The Hall–Kier alpha value is -1.56. The summed E-state index contributed by atoms with van der Waals surface area (Å²) in [7, 11) is 0. The third-order valence-corrected chi connectivity index (χ3v) is 5.50. The van der Waals surface area contributed by atoms with Crippen LogP contribution in [-0.4, -0.2) is 15.5 Å². The third kappa shape index (κ3) is 5.03. The predicted octanol–water partition coefficient (Wildman–Crippen LogP) is 5.01. The molecule has 0 radical (unpaired) electrons. The van der Waals surface area contributed by atoms with Gasteiger partial charge in [-0.15, -0.1) is 0 Å². The lowest BCUT2D eigenvalue weighted by Crippen LogP contribution is -2.35. The predicted molar refractivity (Wildman–Crippen MR) is 107 cm³/mol. The summed E-state index contributed by atoms with van der Waals surface area (Å²) >= 11 is 23.7. The van der Waals surface area contributed by atoms with E-state index in [-0.39, 0.29) is 12.3 Å². The number of hydrogen-bond donors (Lipinski definition) is 1. The summed E-state index contributed by atoms with van der Waals surface area (Å²) in [5, 5.41) is 12.0. The van der Waals surface area contributed by atoms with Crippen molar-refractivity contribution in [3.05, 3.63) is 86.3 Å². The van der Waals surface area contributed by atoms with E-state index >= 15 is 0 Å². The fourth-order valence-electron chi connectivity index (χ4n) is 2.59. The second kappa shape index (κ2) is 8.63.